The lowest BCUT2D eigenvalue weighted by atomic mass is 9.87. The van der Waals surface area contributed by atoms with Gasteiger partial charge in [0.15, 0.2) is 0 Å². The number of hydrogen-bond acceptors (Lipinski definition) is 2. The highest BCUT2D eigenvalue weighted by atomic mass is 16.2. The van der Waals surface area contributed by atoms with Crippen molar-refractivity contribution in [2.75, 3.05) is 13.1 Å². The van der Waals surface area contributed by atoms with Gasteiger partial charge >= 0.3 is 6.03 Å². The van der Waals surface area contributed by atoms with Crippen LogP contribution in [-0.2, 0) is 4.79 Å². The largest absolute Gasteiger partial charge is 0.356 e. The van der Waals surface area contributed by atoms with Gasteiger partial charge in [-0.25, -0.2) is 4.79 Å². The number of carbonyl (C=O) groups excluding carboxylic acids is 2. The molecule has 0 aromatic rings. The first-order valence-corrected chi connectivity index (χ1v) is 6.86. The smallest absolute Gasteiger partial charge is 0.315 e. The molecule has 1 aliphatic carbocycles. The number of rotatable bonds is 5. The van der Waals surface area contributed by atoms with Crippen LogP contribution in [0.3, 0.4) is 0 Å². The molecule has 1 aliphatic rings. The minimum Gasteiger partial charge on any atom is -0.356 e. The highest BCUT2D eigenvalue weighted by Gasteiger charge is 2.19. The van der Waals surface area contributed by atoms with E-state index in [-0.39, 0.29) is 11.9 Å². The molecule has 0 aromatic carbocycles. The van der Waals surface area contributed by atoms with E-state index in [1.54, 1.807) is 0 Å². The third kappa shape index (κ3) is 6.47. The van der Waals surface area contributed by atoms with Gasteiger partial charge in [0.05, 0.1) is 0 Å². The van der Waals surface area contributed by atoms with E-state index in [0.717, 1.165) is 25.2 Å². The molecule has 0 spiro atoms. The normalized spacial score (nSPS) is 23.2. The first kappa shape index (κ1) is 14.8. The second kappa shape index (κ2) is 7.95. The summed E-state index contributed by atoms with van der Waals surface area (Å²) in [6.07, 6.45) is 5.33. The summed E-state index contributed by atoms with van der Waals surface area (Å²) in [5, 5.41) is 8.51. The average molecular weight is 255 g/mol. The zero-order chi connectivity index (χ0) is 13.4. The fourth-order valence-electron chi connectivity index (χ4n) is 2.20. The zero-order valence-electron chi connectivity index (χ0n) is 11.4. The van der Waals surface area contributed by atoms with Crippen molar-refractivity contribution in [1.82, 2.24) is 16.0 Å². The van der Waals surface area contributed by atoms with Crippen LogP contribution >= 0.6 is 0 Å². The molecule has 5 nitrogen and oxygen atoms in total. The van der Waals surface area contributed by atoms with Crippen LogP contribution in [0.2, 0.25) is 0 Å². The van der Waals surface area contributed by atoms with Gasteiger partial charge in [0.25, 0.3) is 0 Å². The van der Waals surface area contributed by atoms with Crippen molar-refractivity contribution in [3.63, 3.8) is 0 Å². The fraction of sp³-hybridized carbons (Fsp3) is 0.846. The summed E-state index contributed by atoms with van der Waals surface area (Å²) in [5.74, 6) is 0.763. The molecule has 3 amide bonds. The summed E-state index contributed by atoms with van der Waals surface area (Å²) in [5.41, 5.74) is 0. The van der Waals surface area contributed by atoms with E-state index < -0.39 is 0 Å². The Bertz CT molecular complexity index is 273. The van der Waals surface area contributed by atoms with Crippen LogP contribution in [0.25, 0.3) is 0 Å². The zero-order valence-corrected chi connectivity index (χ0v) is 11.4. The molecule has 0 aromatic heterocycles. The van der Waals surface area contributed by atoms with E-state index in [9.17, 15) is 9.59 Å². The Morgan fingerprint density at radius 1 is 1.06 bits per heavy atom. The minimum atomic E-state index is -0.0858. The molecule has 0 aliphatic heterocycles. The molecular weight excluding hydrogens is 230 g/mol. The standard InChI is InChI=1S/C13H25N3O2/c1-10-4-6-12(7-5-10)16-13(18)15-9-3-8-14-11(2)17/h10,12H,3-9H2,1-2H3,(H,14,17)(H2,15,16,18). The maximum absolute atomic E-state index is 11.6. The van der Waals surface area contributed by atoms with Gasteiger partial charge in [-0.3, -0.25) is 4.79 Å². The Hall–Kier alpha value is -1.26. The van der Waals surface area contributed by atoms with Gasteiger partial charge < -0.3 is 16.0 Å². The predicted molar refractivity (Wildman–Crippen MR) is 71.3 cm³/mol. The summed E-state index contributed by atoms with van der Waals surface area (Å²) in [6.45, 7) is 4.95. The quantitative estimate of drug-likeness (QED) is 0.650. The molecular formula is C13H25N3O2. The van der Waals surface area contributed by atoms with E-state index in [0.29, 0.717) is 19.1 Å². The molecule has 0 bridgehead atoms. The SMILES string of the molecule is CC(=O)NCCCNC(=O)NC1CCC(C)CC1. The highest BCUT2D eigenvalue weighted by molar-refractivity contribution is 5.74. The lowest BCUT2D eigenvalue weighted by Crippen LogP contribution is -2.44. The summed E-state index contributed by atoms with van der Waals surface area (Å²) in [7, 11) is 0. The number of urea groups is 1. The molecule has 1 fully saturated rings. The Labute approximate surface area is 109 Å². The topological polar surface area (TPSA) is 70.2 Å². The highest BCUT2D eigenvalue weighted by Crippen LogP contribution is 2.23. The summed E-state index contributed by atoms with van der Waals surface area (Å²) < 4.78 is 0. The molecule has 5 heteroatoms. The monoisotopic (exact) mass is 255 g/mol. The van der Waals surface area contributed by atoms with Gasteiger partial charge in [-0.1, -0.05) is 6.92 Å². The third-order valence-electron chi connectivity index (χ3n) is 3.36. The number of nitrogens with one attached hydrogen (secondary N) is 3. The summed E-state index contributed by atoms with van der Waals surface area (Å²) in [6, 6.07) is 0.244. The Morgan fingerprint density at radius 3 is 2.28 bits per heavy atom. The van der Waals surface area contributed by atoms with Crippen molar-refractivity contribution >= 4 is 11.9 Å². The number of carbonyl (C=O) groups is 2. The van der Waals surface area contributed by atoms with Gasteiger partial charge in [0.2, 0.25) is 5.91 Å². The van der Waals surface area contributed by atoms with Crippen LogP contribution < -0.4 is 16.0 Å². The van der Waals surface area contributed by atoms with E-state index >= 15 is 0 Å². The molecule has 0 saturated heterocycles. The van der Waals surface area contributed by atoms with Crippen LogP contribution in [0.15, 0.2) is 0 Å². The predicted octanol–water partition coefficient (Wildman–Crippen LogP) is 1.39. The van der Waals surface area contributed by atoms with E-state index in [4.69, 9.17) is 0 Å². The van der Waals surface area contributed by atoms with Crippen LogP contribution in [0.1, 0.15) is 46.0 Å². The number of hydrogen-bond donors (Lipinski definition) is 3. The Kier molecular flexibility index (Phi) is 6.54. The first-order valence-electron chi connectivity index (χ1n) is 6.86. The van der Waals surface area contributed by atoms with Crippen molar-refractivity contribution in [1.29, 1.82) is 0 Å². The molecule has 0 atom stereocenters. The van der Waals surface area contributed by atoms with E-state index in [2.05, 4.69) is 22.9 Å². The molecule has 0 heterocycles. The number of amides is 3. The van der Waals surface area contributed by atoms with Gasteiger partial charge in [-0.2, -0.15) is 0 Å². The molecule has 0 unspecified atom stereocenters. The van der Waals surface area contributed by atoms with Crippen molar-refractivity contribution < 1.29 is 9.59 Å². The van der Waals surface area contributed by atoms with Crippen molar-refractivity contribution in [3.05, 3.63) is 0 Å². The molecule has 1 rings (SSSR count). The third-order valence-corrected chi connectivity index (χ3v) is 3.36. The second-order valence-electron chi connectivity index (χ2n) is 5.19. The maximum Gasteiger partial charge on any atom is 0.315 e. The lowest BCUT2D eigenvalue weighted by molar-refractivity contribution is -0.118. The average Bonchev–Trinajstić information content (AvgIpc) is 2.31. The van der Waals surface area contributed by atoms with Gasteiger partial charge in [-0.15, -0.1) is 0 Å². The Balaban J connectivity index is 2.01. The molecule has 104 valence electrons. The fourth-order valence-corrected chi connectivity index (χ4v) is 2.20. The molecule has 18 heavy (non-hydrogen) atoms. The van der Waals surface area contributed by atoms with Crippen LogP contribution in [0.5, 0.6) is 0 Å². The van der Waals surface area contributed by atoms with E-state index in [1.807, 2.05) is 0 Å². The van der Waals surface area contributed by atoms with Crippen molar-refractivity contribution in [3.8, 4) is 0 Å². The Morgan fingerprint density at radius 2 is 1.67 bits per heavy atom. The second-order valence-corrected chi connectivity index (χ2v) is 5.19. The van der Waals surface area contributed by atoms with Crippen LogP contribution in [0, 0.1) is 5.92 Å². The molecule has 3 N–H and O–H groups in total. The van der Waals surface area contributed by atoms with E-state index in [1.165, 1.54) is 19.8 Å². The van der Waals surface area contributed by atoms with Crippen molar-refractivity contribution in [2.24, 2.45) is 5.92 Å². The first-order chi connectivity index (χ1) is 8.58. The van der Waals surface area contributed by atoms with Gasteiger partial charge in [0.1, 0.15) is 0 Å². The summed E-state index contributed by atoms with van der Waals surface area (Å²) >= 11 is 0. The van der Waals surface area contributed by atoms with Crippen LogP contribution in [-0.4, -0.2) is 31.1 Å². The lowest BCUT2D eigenvalue weighted by Gasteiger charge is -2.26. The van der Waals surface area contributed by atoms with Gasteiger partial charge in [0, 0.05) is 26.1 Å². The molecule has 1 saturated carbocycles. The minimum absolute atomic E-state index is 0.0317. The van der Waals surface area contributed by atoms with Gasteiger partial charge in [-0.05, 0) is 38.0 Å². The summed E-state index contributed by atoms with van der Waals surface area (Å²) in [4.78, 5) is 22.2. The maximum atomic E-state index is 11.6. The molecule has 0 radical (unpaired) electrons. The van der Waals surface area contributed by atoms with Crippen molar-refractivity contribution in [2.45, 2.75) is 52.0 Å². The van der Waals surface area contributed by atoms with Crippen LogP contribution in [0.4, 0.5) is 4.79 Å².